The van der Waals surface area contributed by atoms with Crippen LogP contribution in [0.3, 0.4) is 0 Å². The van der Waals surface area contributed by atoms with Crippen LogP contribution in [-0.4, -0.2) is 7.28 Å². The minimum atomic E-state index is 1.35. The fourth-order valence-corrected chi connectivity index (χ4v) is 1.32. The normalized spacial score (nSPS) is 12.9. The van der Waals surface area contributed by atoms with E-state index in [1.165, 1.54) is 16.6 Å². The van der Waals surface area contributed by atoms with Crippen LogP contribution >= 0.6 is 0 Å². The van der Waals surface area contributed by atoms with Gasteiger partial charge in [-0.05, 0) is 18.1 Å². The zero-order chi connectivity index (χ0) is 6.97. The lowest BCUT2D eigenvalue weighted by Crippen LogP contribution is -2.11. The molecule has 1 aromatic rings. The molecule has 0 bridgehead atoms. The summed E-state index contributed by atoms with van der Waals surface area (Å²) in [6, 6.07) is 6.38. The molecular weight excluding hydrogens is 119 g/mol. The van der Waals surface area contributed by atoms with Gasteiger partial charge >= 0.3 is 0 Å². The summed E-state index contributed by atoms with van der Waals surface area (Å²) in [5.41, 5.74) is 4.09. The molecular formula is C9H8B. The van der Waals surface area contributed by atoms with E-state index in [1.54, 1.807) is 0 Å². The fraction of sp³-hybridized carbons (Fsp3) is 0.111. The smallest absolute Gasteiger partial charge is 0.116 e. The predicted molar refractivity (Wildman–Crippen MR) is 45.6 cm³/mol. The molecule has 2 rings (SSSR count). The van der Waals surface area contributed by atoms with Crippen LogP contribution in [0.5, 0.6) is 0 Å². The highest BCUT2D eigenvalue weighted by molar-refractivity contribution is 6.62. The van der Waals surface area contributed by atoms with Crippen LogP contribution in [0.25, 0.3) is 6.08 Å². The lowest BCUT2D eigenvalue weighted by molar-refractivity contribution is 1.47. The van der Waals surface area contributed by atoms with Crippen molar-refractivity contribution in [3.05, 3.63) is 35.3 Å². The van der Waals surface area contributed by atoms with E-state index in [0.717, 1.165) is 0 Å². The Morgan fingerprint density at radius 2 is 2.20 bits per heavy atom. The summed E-state index contributed by atoms with van der Waals surface area (Å²) in [4.78, 5) is 0. The highest BCUT2D eigenvalue weighted by Gasteiger charge is 2.05. The molecule has 0 atom stereocenters. The monoisotopic (exact) mass is 127 g/mol. The van der Waals surface area contributed by atoms with Gasteiger partial charge in [0.15, 0.2) is 7.28 Å². The lowest BCUT2D eigenvalue weighted by Gasteiger charge is -2.00. The first kappa shape index (κ1) is 5.78. The number of fused-ring (bicyclic) bond motifs is 1. The van der Waals surface area contributed by atoms with Crippen LogP contribution in [0.2, 0.25) is 0 Å². The number of rotatable bonds is 0. The summed E-state index contributed by atoms with van der Waals surface area (Å²) < 4.78 is 0. The van der Waals surface area contributed by atoms with E-state index in [2.05, 4.69) is 44.5 Å². The zero-order valence-electron chi connectivity index (χ0n) is 5.96. The van der Waals surface area contributed by atoms with Gasteiger partial charge in [-0.3, -0.25) is 0 Å². The number of aryl methyl sites for hydroxylation is 1. The van der Waals surface area contributed by atoms with E-state index < -0.39 is 0 Å². The molecule has 0 spiro atoms. The molecule has 0 aliphatic carbocycles. The quantitative estimate of drug-likeness (QED) is 0.461. The van der Waals surface area contributed by atoms with Crippen LogP contribution in [0.4, 0.5) is 0 Å². The third kappa shape index (κ3) is 0.705. The molecule has 1 heterocycles. The van der Waals surface area contributed by atoms with Gasteiger partial charge in [0.25, 0.3) is 0 Å². The number of hydrogen-bond donors (Lipinski definition) is 0. The van der Waals surface area contributed by atoms with Crippen LogP contribution in [0.15, 0.2) is 24.2 Å². The van der Waals surface area contributed by atoms with Gasteiger partial charge in [-0.2, -0.15) is 0 Å². The highest BCUT2D eigenvalue weighted by atomic mass is 14.0. The van der Waals surface area contributed by atoms with Crippen LogP contribution in [0.1, 0.15) is 11.1 Å². The molecule has 0 aromatic heterocycles. The maximum absolute atomic E-state index is 2.16. The first-order valence-corrected chi connectivity index (χ1v) is 3.49. The second kappa shape index (κ2) is 2.01. The predicted octanol–water partition coefficient (Wildman–Crippen LogP) is 1.31. The molecule has 10 heavy (non-hydrogen) atoms. The molecule has 0 fully saturated rings. The third-order valence-electron chi connectivity index (χ3n) is 1.90. The fourth-order valence-electron chi connectivity index (χ4n) is 1.32. The maximum atomic E-state index is 2.16. The molecule has 0 amide bonds. The maximum Gasteiger partial charge on any atom is 0.182 e. The minimum Gasteiger partial charge on any atom is -0.116 e. The summed E-state index contributed by atoms with van der Waals surface area (Å²) in [7, 11) is 2.14. The van der Waals surface area contributed by atoms with Crippen molar-refractivity contribution in [3.63, 3.8) is 0 Å². The number of hydrogen-bond acceptors (Lipinski definition) is 0. The first-order chi connectivity index (χ1) is 4.88. The van der Waals surface area contributed by atoms with Crippen LogP contribution in [0, 0.1) is 6.92 Å². The van der Waals surface area contributed by atoms with Crippen molar-refractivity contribution < 1.29 is 0 Å². The Morgan fingerprint density at radius 1 is 1.30 bits per heavy atom. The highest BCUT2D eigenvalue weighted by Crippen LogP contribution is 2.10. The van der Waals surface area contributed by atoms with Gasteiger partial charge in [-0.25, -0.2) is 0 Å². The average molecular weight is 127 g/mol. The van der Waals surface area contributed by atoms with Crippen molar-refractivity contribution in [2.75, 3.05) is 0 Å². The molecule has 1 heteroatoms. The summed E-state index contributed by atoms with van der Waals surface area (Å²) in [5.74, 6) is 2.09. The first-order valence-electron chi connectivity index (χ1n) is 3.49. The Bertz CT molecular complexity index is 287. The van der Waals surface area contributed by atoms with Crippen molar-refractivity contribution >= 4 is 18.8 Å². The van der Waals surface area contributed by atoms with Crippen molar-refractivity contribution in [1.29, 1.82) is 0 Å². The van der Waals surface area contributed by atoms with Gasteiger partial charge in [-0.1, -0.05) is 29.7 Å². The van der Waals surface area contributed by atoms with E-state index in [9.17, 15) is 0 Å². The molecule has 0 unspecified atom stereocenters. The minimum absolute atomic E-state index is 1.35. The molecule has 1 aliphatic rings. The molecule has 0 N–H and O–H groups in total. The van der Waals surface area contributed by atoms with Gasteiger partial charge in [0.1, 0.15) is 0 Å². The van der Waals surface area contributed by atoms with Gasteiger partial charge in [0, 0.05) is 0 Å². The number of benzene rings is 1. The van der Waals surface area contributed by atoms with Gasteiger partial charge in [-0.15, -0.1) is 5.98 Å². The van der Waals surface area contributed by atoms with Crippen molar-refractivity contribution in [1.82, 2.24) is 0 Å². The standard InChI is InChI=1S/C9H8B/c1-7-3-2-4-9-8(7)5-6-10-9/h2-6H,1H3. The Kier molecular flexibility index (Phi) is 1.16. The molecule has 1 aliphatic heterocycles. The lowest BCUT2D eigenvalue weighted by atomic mass is 9.73. The Morgan fingerprint density at radius 3 is 3.00 bits per heavy atom. The topological polar surface area (TPSA) is 0 Å². The molecule has 0 saturated carbocycles. The largest absolute Gasteiger partial charge is 0.182 e. The zero-order valence-corrected chi connectivity index (χ0v) is 5.96. The molecule has 1 radical (unpaired) electrons. The van der Waals surface area contributed by atoms with Crippen LogP contribution in [-0.2, 0) is 0 Å². The summed E-state index contributed by atoms with van der Waals surface area (Å²) in [6.07, 6.45) is 2.16. The summed E-state index contributed by atoms with van der Waals surface area (Å²) in [5, 5.41) is 0. The summed E-state index contributed by atoms with van der Waals surface area (Å²) >= 11 is 0. The Hall–Kier alpha value is -0.975. The average Bonchev–Trinajstić information content (AvgIpc) is 2.36. The van der Waals surface area contributed by atoms with E-state index in [4.69, 9.17) is 0 Å². The van der Waals surface area contributed by atoms with Crippen molar-refractivity contribution in [3.8, 4) is 0 Å². The van der Waals surface area contributed by atoms with E-state index in [0.29, 0.717) is 0 Å². The van der Waals surface area contributed by atoms with E-state index >= 15 is 0 Å². The van der Waals surface area contributed by atoms with Crippen molar-refractivity contribution in [2.24, 2.45) is 0 Å². The van der Waals surface area contributed by atoms with Gasteiger partial charge in [0.05, 0.1) is 0 Å². The van der Waals surface area contributed by atoms with Crippen LogP contribution < -0.4 is 5.46 Å². The third-order valence-corrected chi connectivity index (χ3v) is 1.90. The van der Waals surface area contributed by atoms with Crippen molar-refractivity contribution in [2.45, 2.75) is 6.92 Å². The van der Waals surface area contributed by atoms with E-state index in [1.807, 2.05) is 0 Å². The second-order valence-electron chi connectivity index (χ2n) is 2.60. The van der Waals surface area contributed by atoms with E-state index in [-0.39, 0.29) is 0 Å². The SMILES string of the molecule is Cc1cccc2c1C=C[B]2. The molecule has 0 nitrogen and oxygen atoms in total. The molecule has 0 saturated heterocycles. The second-order valence-corrected chi connectivity index (χ2v) is 2.60. The van der Waals surface area contributed by atoms with Gasteiger partial charge in [0.2, 0.25) is 0 Å². The van der Waals surface area contributed by atoms with Gasteiger partial charge < -0.3 is 0 Å². The Labute approximate surface area is 61.8 Å². The molecule has 1 aromatic carbocycles. The molecule has 47 valence electrons. The summed E-state index contributed by atoms with van der Waals surface area (Å²) in [6.45, 7) is 2.14. The Balaban J connectivity index is 2.67.